The van der Waals surface area contributed by atoms with Crippen molar-refractivity contribution in [2.75, 3.05) is 6.61 Å². The zero-order valence-electron chi connectivity index (χ0n) is 10.7. The molecule has 0 saturated carbocycles. The van der Waals surface area contributed by atoms with Crippen molar-refractivity contribution in [1.29, 1.82) is 0 Å². The Kier molecular flexibility index (Phi) is 5.47. The smallest absolute Gasteiger partial charge is 0.142 e. The van der Waals surface area contributed by atoms with Crippen LogP contribution in [0.2, 0.25) is 5.02 Å². The molecule has 5 heteroatoms. The van der Waals surface area contributed by atoms with E-state index in [1.165, 1.54) is 6.07 Å². The fourth-order valence-electron chi connectivity index (χ4n) is 1.85. The highest BCUT2D eigenvalue weighted by Crippen LogP contribution is 2.38. The molecule has 2 aromatic carbocycles. The van der Waals surface area contributed by atoms with Crippen molar-refractivity contribution in [3.8, 4) is 5.75 Å². The van der Waals surface area contributed by atoms with E-state index in [4.69, 9.17) is 16.3 Å². The van der Waals surface area contributed by atoms with Crippen LogP contribution in [0, 0.1) is 5.82 Å². The number of hydrogen-bond acceptors (Lipinski definition) is 1. The summed E-state index contributed by atoms with van der Waals surface area (Å²) in [7, 11) is 0. The Balaban J connectivity index is 2.43. The van der Waals surface area contributed by atoms with Gasteiger partial charge in [0.2, 0.25) is 0 Å². The van der Waals surface area contributed by atoms with Crippen LogP contribution in [0.5, 0.6) is 5.75 Å². The van der Waals surface area contributed by atoms with Crippen molar-refractivity contribution < 1.29 is 9.13 Å². The molecule has 0 aromatic heterocycles. The molecule has 1 unspecified atom stereocenters. The third kappa shape index (κ3) is 3.54. The van der Waals surface area contributed by atoms with E-state index >= 15 is 0 Å². The first-order valence-electron chi connectivity index (χ1n) is 6.04. The predicted octanol–water partition coefficient (Wildman–Crippen LogP) is 6.12. The minimum absolute atomic E-state index is 0.118. The summed E-state index contributed by atoms with van der Waals surface area (Å²) in [6.07, 6.45) is 0. The van der Waals surface area contributed by atoms with Gasteiger partial charge < -0.3 is 4.74 Å². The Labute approximate surface area is 139 Å². The first-order chi connectivity index (χ1) is 9.52. The van der Waals surface area contributed by atoms with Gasteiger partial charge in [0.25, 0.3) is 0 Å². The number of alkyl halides is 1. The topological polar surface area (TPSA) is 9.23 Å². The molecule has 1 atom stereocenters. The summed E-state index contributed by atoms with van der Waals surface area (Å²) in [6.45, 7) is 2.50. The van der Waals surface area contributed by atoms with Gasteiger partial charge in [0.05, 0.1) is 16.5 Å². The number of halogens is 4. The lowest BCUT2D eigenvalue weighted by Crippen LogP contribution is -2.00. The second kappa shape index (κ2) is 6.92. The third-order valence-electron chi connectivity index (χ3n) is 2.78. The molecule has 1 nitrogen and oxygen atoms in total. The first-order valence-corrected chi connectivity index (χ1v) is 8.13. The van der Waals surface area contributed by atoms with Gasteiger partial charge in [0, 0.05) is 10.0 Å². The van der Waals surface area contributed by atoms with Gasteiger partial charge in [-0.05, 0) is 42.8 Å². The van der Waals surface area contributed by atoms with E-state index in [1.54, 1.807) is 12.1 Å². The second-order valence-corrected chi connectivity index (χ2v) is 6.39. The van der Waals surface area contributed by atoms with Crippen molar-refractivity contribution in [3.05, 3.63) is 62.8 Å². The monoisotopic (exact) mass is 420 g/mol. The molecular weight excluding hydrogens is 410 g/mol. The molecule has 0 fully saturated rings. The summed E-state index contributed by atoms with van der Waals surface area (Å²) < 4.78 is 20.1. The lowest BCUT2D eigenvalue weighted by Gasteiger charge is -2.16. The minimum Gasteiger partial charge on any atom is -0.494 e. The van der Waals surface area contributed by atoms with Crippen molar-refractivity contribution in [2.45, 2.75) is 11.8 Å². The maximum absolute atomic E-state index is 13.6. The molecule has 0 aliphatic carbocycles. The Bertz CT molecular complexity index is 619. The number of benzene rings is 2. The molecule has 0 bridgehead atoms. The van der Waals surface area contributed by atoms with Crippen LogP contribution >= 0.6 is 43.5 Å². The van der Waals surface area contributed by atoms with Crippen molar-refractivity contribution in [1.82, 2.24) is 0 Å². The summed E-state index contributed by atoms with van der Waals surface area (Å²) in [4.78, 5) is -0.173. The van der Waals surface area contributed by atoms with Crippen LogP contribution in [0.1, 0.15) is 22.9 Å². The molecule has 0 N–H and O–H groups in total. The van der Waals surface area contributed by atoms with Gasteiger partial charge >= 0.3 is 0 Å². The van der Waals surface area contributed by atoms with Crippen LogP contribution in [-0.4, -0.2) is 6.61 Å². The number of rotatable bonds is 4. The molecule has 0 spiro atoms. The Morgan fingerprint density at radius 1 is 1.25 bits per heavy atom. The SMILES string of the molecule is CCOc1ccc(Br)cc1C(Br)c1ccc(Cl)c(F)c1. The third-order valence-corrected chi connectivity index (χ3v) is 4.60. The van der Waals surface area contributed by atoms with Gasteiger partial charge in [-0.15, -0.1) is 0 Å². The van der Waals surface area contributed by atoms with Crippen molar-refractivity contribution >= 4 is 43.5 Å². The average Bonchev–Trinajstić information content (AvgIpc) is 2.43. The van der Waals surface area contributed by atoms with Gasteiger partial charge in [-0.25, -0.2) is 4.39 Å². The normalized spacial score (nSPS) is 12.2. The van der Waals surface area contributed by atoms with Gasteiger partial charge in [0.1, 0.15) is 11.6 Å². The van der Waals surface area contributed by atoms with Crippen molar-refractivity contribution in [3.63, 3.8) is 0 Å². The minimum atomic E-state index is -0.429. The molecule has 0 aliphatic heterocycles. The van der Waals surface area contributed by atoms with Gasteiger partial charge in [-0.3, -0.25) is 0 Å². The lowest BCUT2D eigenvalue weighted by molar-refractivity contribution is 0.337. The fraction of sp³-hybridized carbons (Fsp3) is 0.200. The number of hydrogen-bond donors (Lipinski definition) is 0. The standard InChI is InChI=1S/C15H12Br2ClFO/c1-2-20-14-6-4-10(16)8-11(14)15(17)9-3-5-12(18)13(19)7-9/h3-8,15H,2H2,1H3. The van der Waals surface area contributed by atoms with Gasteiger partial charge in [-0.2, -0.15) is 0 Å². The summed E-state index contributed by atoms with van der Waals surface area (Å²) in [5, 5.41) is 0.118. The molecular formula is C15H12Br2ClFO. The second-order valence-electron chi connectivity index (χ2n) is 4.15. The molecule has 106 valence electrons. The summed E-state index contributed by atoms with van der Waals surface area (Å²) in [6, 6.07) is 10.5. The van der Waals surface area contributed by atoms with E-state index in [2.05, 4.69) is 31.9 Å². The molecule has 2 aromatic rings. The Hall–Kier alpha value is -0.580. The van der Waals surface area contributed by atoms with E-state index in [0.717, 1.165) is 21.3 Å². The van der Waals surface area contributed by atoms with Crippen molar-refractivity contribution in [2.24, 2.45) is 0 Å². The maximum Gasteiger partial charge on any atom is 0.142 e. The van der Waals surface area contributed by atoms with E-state index < -0.39 is 5.82 Å². The summed E-state index contributed by atoms with van der Waals surface area (Å²) in [5.74, 6) is 0.342. The molecule has 0 heterocycles. The van der Waals surface area contributed by atoms with Crippen LogP contribution in [0.4, 0.5) is 4.39 Å². The Morgan fingerprint density at radius 3 is 2.65 bits per heavy atom. The highest BCUT2D eigenvalue weighted by molar-refractivity contribution is 9.10. The van der Waals surface area contributed by atoms with E-state index in [0.29, 0.717) is 6.61 Å². The molecule has 20 heavy (non-hydrogen) atoms. The molecule has 0 amide bonds. The number of ether oxygens (including phenoxy) is 1. The molecule has 2 rings (SSSR count). The summed E-state index contributed by atoms with van der Waals surface area (Å²) in [5.41, 5.74) is 1.72. The fourth-order valence-corrected chi connectivity index (χ4v) is 2.99. The largest absolute Gasteiger partial charge is 0.494 e. The zero-order chi connectivity index (χ0) is 14.7. The summed E-state index contributed by atoms with van der Waals surface area (Å²) >= 11 is 12.8. The van der Waals surface area contributed by atoms with E-state index in [-0.39, 0.29) is 9.85 Å². The molecule has 0 radical (unpaired) electrons. The van der Waals surface area contributed by atoms with Crippen LogP contribution < -0.4 is 4.74 Å². The average molecular weight is 423 g/mol. The maximum atomic E-state index is 13.6. The Morgan fingerprint density at radius 2 is 2.00 bits per heavy atom. The highest BCUT2D eigenvalue weighted by atomic mass is 79.9. The lowest BCUT2D eigenvalue weighted by atomic mass is 10.0. The van der Waals surface area contributed by atoms with Crippen LogP contribution in [0.15, 0.2) is 40.9 Å². The quantitative estimate of drug-likeness (QED) is 0.539. The van der Waals surface area contributed by atoms with E-state index in [1.807, 2.05) is 25.1 Å². The van der Waals surface area contributed by atoms with Crippen LogP contribution in [0.3, 0.4) is 0 Å². The molecule has 0 saturated heterocycles. The van der Waals surface area contributed by atoms with Crippen LogP contribution in [0.25, 0.3) is 0 Å². The van der Waals surface area contributed by atoms with Gasteiger partial charge in [0.15, 0.2) is 0 Å². The zero-order valence-corrected chi connectivity index (χ0v) is 14.6. The predicted molar refractivity (Wildman–Crippen MR) is 87.5 cm³/mol. The first kappa shape index (κ1) is 15.8. The van der Waals surface area contributed by atoms with E-state index in [9.17, 15) is 4.39 Å². The van der Waals surface area contributed by atoms with Crippen LogP contribution in [-0.2, 0) is 0 Å². The molecule has 0 aliphatic rings. The van der Waals surface area contributed by atoms with Gasteiger partial charge in [-0.1, -0.05) is 49.5 Å². The highest BCUT2D eigenvalue weighted by Gasteiger charge is 2.17.